The van der Waals surface area contributed by atoms with E-state index in [-0.39, 0.29) is 5.75 Å². The Morgan fingerprint density at radius 3 is 2.65 bits per heavy atom. The maximum Gasteiger partial charge on any atom is 0.116 e. The van der Waals surface area contributed by atoms with Gasteiger partial charge in [0.15, 0.2) is 0 Å². The Balaban J connectivity index is 2.31. The molecule has 0 bridgehead atoms. The number of benzene rings is 3. The summed E-state index contributed by atoms with van der Waals surface area (Å²) in [5.41, 5.74) is 3.29. The van der Waals surface area contributed by atoms with Gasteiger partial charge in [-0.05, 0) is 48.2 Å². The van der Waals surface area contributed by atoms with Crippen LogP contribution < -0.4 is 0 Å². The molecule has 0 atom stereocenters. The van der Waals surface area contributed by atoms with Crippen molar-refractivity contribution >= 4 is 44.2 Å². The highest BCUT2D eigenvalue weighted by Gasteiger charge is 2.11. The van der Waals surface area contributed by atoms with Gasteiger partial charge in [0.2, 0.25) is 0 Å². The fourth-order valence-electron chi connectivity index (χ4n) is 2.94. The predicted molar refractivity (Wildman–Crippen MR) is 84.7 cm³/mol. The lowest BCUT2D eigenvalue weighted by Crippen LogP contribution is -1.82. The molecule has 0 amide bonds. The third kappa shape index (κ3) is 1.46. The van der Waals surface area contributed by atoms with Gasteiger partial charge in [0.05, 0.1) is 5.52 Å². The molecule has 0 saturated carbocycles. The van der Waals surface area contributed by atoms with Crippen molar-refractivity contribution in [3.05, 3.63) is 53.1 Å². The van der Waals surface area contributed by atoms with Crippen molar-refractivity contribution in [2.75, 3.05) is 0 Å². The number of hydrogen-bond acceptors (Lipinski definition) is 1. The van der Waals surface area contributed by atoms with Crippen molar-refractivity contribution in [3.8, 4) is 5.75 Å². The first-order chi connectivity index (χ1) is 9.65. The standard InChI is InChI=1S/C17H12ClNO/c1-9-11-3-2-4-15(18)12(11)8-14-13-7-10(20)5-6-16(13)19-17(9)14/h2-8,19-20H,1H3. The van der Waals surface area contributed by atoms with E-state index in [4.69, 9.17) is 11.6 Å². The number of H-pyrrole nitrogens is 1. The summed E-state index contributed by atoms with van der Waals surface area (Å²) in [7, 11) is 0. The predicted octanol–water partition coefficient (Wildman–Crippen LogP) is 5.14. The van der Waals surface area contributed by atoms with Crippen molar-refractivity contribution in [1.82, 2.24) is 4.98 Å². The molecule has 3 aromatic carbocycles. The van der Waals surface area contributed by atoms with Crippen LogP contribution in [-0.2, 0) is 0 Å². The van der Waals surface area contributed by atoms with E-state index >= 15 is 0 Å². The summed E-state index contributed by atoms with van der Waals surface area (Å²) >= 11 is 6.32. The highest BCUT2D eigenvalue weighted by molar-refractivity contribution is 6.36. The van der Waals surface area contributed by atoms with Crippen LogP contribution in [0.3, 0.4) is 0 Å². The average molecular weight is 282 g/mol. The topological polar surface area (TPSA) is 36.0 Å². The molecule has 1 aromatic heterocycles. The molecule has 0 aliphatic rings. The summed E-state index contributed by atoms with van der Waals surface area (Å²) in [6, 6.07) is 13.4. The number of aryl methyl sites for hydroxylation is 1. The smallest absolute Gasteiger partial charge is 0.116 e. The molecule has 0 aliphatic carbocycles. The third-order valence-corrected chi connectivity index (χ3v) is 4.27. The van der Waals surface area contributed by atoms with Crippen LogP contribution in [0.2, 0.25) is 5.02 Å². The van der Waals surface area contributed by atoms with Gasteiger partial charge < -0.3 is 10.1 Å². The van der Waals surface area contributed by atoms with Crippen molar-refractivity contribution in [2.45, 2.75) is 6.92 Å². The van der Waals surface area contributed by atoms with Crippen LogP contribution in [0.4, 0.5) is 0 Å². The van der Waals surface area contributed by atoms with Crippen LogP contribution in [0.1, 0.15) is 5.56 Å². The van der Waals surface area contributed by atoms with Crippen molar-refractivity contribution in [2.24, 2.45) is 0 Å². The molecule has 4 rings (SSSR count). The Morgan fingerprint density at radius 1 is 0.950 bits per heavy atom. The van der Waals surface area contributed by atoms with Gasteiger partial charge >= 0.3 is 0 Å². The molecule has 0 fully saturated rings. The quantitative estimate of drug-likeness (QED) is 0.460. The van der Waals surface area contributed by atoms with Crippen LogP contribution in [0.5, 0.6) is 5.75 Å². The number of phenolic OH excluding ortho intramolecular Hbond substituents is 1. The molecule has 0 saturated heterocycles. The van der Waals surface area contributed by atoms with Gasteiger partial charge in [0, 0.05) is 26.7 Å². The van der Waals surface area contributed by atoms with Crippen molar-refractivity contribution in [3.63, 3.8) is 0 Å². The number of aromatic hydroxyl groups is 1. The molecule has 0 unspecified atom stereocenters. The normalized spacial score (nSPS) is 11.7. The minimum absolute atomic E-state index is 0.273. The third-order valence-electron chi connectivity index (χ3n) is 3.94. The zero-order valence-electron chi connectivity index (χ0n) is 10.9. The minimum Gasteiger partial charge on any atom is -0.508 e. The number of hydrogen-bond donors (Lipinski definition) is 2. The average Bonchev–Trinajstić information content (AvgIpc) is 2.79. The van der Waals surface area contributed by atoms with Crippen LogP contribution in [0.15, 0.2) is 42.5 Å². The molecular weight excluding hydrogens is 270 g/mol. The summed E-state index contributed by atoms with van der Waals surface area (Å²) in [5, 5.41) is 14.8. The highest BCUT2D eigenvalue weighted by atomic mass is 35.5. The molecule has 2 nitrogen and oxygen atoms in total. The van der Waals surface area contributed by atoms with E-state index in [1.165, 1.54) is 5.56 Å². The molecular formula is C17H12ClNO. The minimum atomic E-state index is 0.273. The van der Waals surface area contributed by atoms with Gasteiger partial charge in [-0.15, -0.1) is 0 Å². The zero-order chi connectivity index (χ0) is 13.9. The van der Waals surface area contributed by atoms with Gasteiger partial charge in [-0.25, -0.2) is 0 Å². The number of phenols is 1. The van der Waals surface area contributed by atoms with Gasteiger partial charge in [0.25, 0.3) is 0 Å². The summed E-state index contributed by atoms with van der Waals surface area (Å²) in [6.45, 7) is 2.09. The monoisotopic (exact) mass is 281 g/mol. The van der Waals surface area contributed by atoms with Crippen LogP contribution in [0, 0.1) is 6.92 Å². The van der Waals surface area contributed by atoms with Gasteiger partial charge in [0.1, 0.15) is 5.75 Å². The lowest BCUT2D eigenvalue weighted by atomic mass is 10.0. The number of rotatable bonds is 0. The number of nitrogens with one attached hydrogen (secondary N) is 1. The first-order valence-electron chi connectivity index (χ1n) is 6.47. The van der Waals surface area contributed by atoms with E-state index in [0.29, 0.717) is 0 Å². The van der Waals surface area contributed by atoms with E-state index in [1.807, 2.05) is 18.2 Å². The SMILES string of the molecule is Cc1c2cccc(Cl)c2cc2c1[nH]c1ccc(O)cc12. The Labute approximate surface area is 120 Å². The first kappa shape index (κ1) is 11.6. The highest BCUT2D eigenvalue weighted by Crippen LogP contribution is 2.36. The van der Waals surface area contributed by atoms with E-state index < -0.39 is 0 Å². The molecule has 0 aliphatic heterocycles. The maximum absolute atomic E-state index is 9.71. The first-order valence-corrected chi connectivity index (χ1v) is 6.85. The maximum atomic E-state index is 9.71. The van der Waals surface area contributed by atoms with Crippen molar-refractivity contribution in [1.29, 1.82) is 0 Å². The summed E-state index contributed by atoms with van der Waals surface area (Å²) in [4.78, 5) is 3.43. The second-order valence-corrected chi connectivity index (χ2v) is 5.52. The van der Waals surface area contributed by atoms with Gasteiger partial charge in [-0.1, -0.05) is 23.7 Å². The molecule has 0 radical (unpaired) electrons. The fourth-order valence-corrected chi connectivity index (χ4v) is 3.17. The lowest BCUT2D eigenvalue weighted by Gasteiger charge is -2.05. The fraction of sp³-hybridized carbons (Fsp3) is 0.0588. The Morgan fingerprint density at radius 2 is 1.80 bits per heavy atom. The number of aromatic amines is 1. The summed E-state index contributed by atoms with van der Waals surface area (Å²) in [5.74, 6) is 0.273. The van der Waals surface area contributed by atoms with E-state index in [2.05, 4.69) is 24.0 Å². The molecule has 98 valence electrons. The molecule has 2 N–H and O–H groups in total. The summed E-state index contributed by atoms with van der Waals surface area (Å²) < 4.78 is 0. The van der Waals surface area contributed by atoms with E-state index in [9.17, 15) is 5.11 Å². The van der Waals surface area contributed by atoms with E-state index in [1.54, 1.807) is 12.1 Å². The Hall–Kier alpha value is -2.19. The lowest BCUT2D eigenvalue weighted by molar-refractivity contribution is 0.476. The van der Waals surface area contributed by atoms with Gasteiger partial charge in [-0.3, -0.25) is 0 Å². The number of halogens is 1. The van der Waals surface area contributed by atoms with Crippen LogP contribution in [-0.4, -0.2) is 10.1 Å². The zero-order valence-corrected chi connectivity index (χ0v) is 11.6. The second kappa shape index (κ2) is 3.90. The molecule has 0 spiro atoms. The second-order valence-electron chi connectivity index (χ2n) is 5.11. The molecule has 3 heteroatoms. The number of aromatic nitrogens is 1. The van der Waals surface area contributed by atoms with Gasteiger partial charge in [-0.2, -0.15) is 0 Å². The Bertz CT molecular complexity index is 985. The Kier molecular flexibility index (Phi) is 2.27. The largest absolute Gasteiger partial charge is 0.508 e. The molecule has 20 heavy (non-hydrogen) atoms. The van der Waals surface area contributed by atoms with Crippen molar-refractivity contribution < 1.29 is 5.11 Å². The summed E-state index contributed by atoms with van der Waals surface area (Å²) in [6.07, 6.45) is 0. The van der Waals surface area contributed by atoms with Crippen LogP contribution in [0.25, 0.3) is 32.6 Å². The number of fused-ring (bicyclic) bond motifs is 4. The van der Waals surface area contributed by atoms with Crippen LogP contribution >= 0.6 is 11.6 Å². The molecule has 4 aromatic rings. The molecule has 1 heterocycles. The van der Waals surface area contributed by atoms with E-state index in [0.717, 1.165) is 37.6 Å².